The van der Waals surface area contributed by atoms with E-state index in [1.165, 1.54) is 0 Å². The zero-order chi connectivity index (χ0) is 13.3. The Morgan fingerprint density at radius 1 is 1.37 bits per heavy atom. The van der Waals surface area contributed by atoms with Crippen LogP contribution in [0.2, 0.25) is 0 Å². The van der Waals surface area contributed by atoms with Crippen molar-refractivity contribution >= 4 is 12.4 Å². The predicted molar refractivity (Wildman–Crippen MR) is 76.6 cm³/mol. The van der Waals surface area contributed by atoms with Crippen LogP contribution in [0.3, 0.4) is 0 Å². The van der Waals surface area contributed by atoms with Gasteiger partial charge < -0.3 is 20.6 Å². The van der Waals surface area contributed by atoms with Gasteiger partial charge in [-0.05, 0) is 30.0 Å². The first-order valence-electron chi connectivity index (χ1n) is 6.43. The number of halogens is 1. The van der Waals surface area contributed by atoms with E-state index in [2.05, 4.69) is 19.2 Å². The summed E-state index contributed by atoms with van der Waals surface area (Å²) in [5.74, 6) is 0.110. The van der Waals surface area contributed by atoms with Crippen molar-refractivity contribution < 1.29 is 15.3 Å². The molecule has 2 rings (SSSR count). The number of aliphatic hydroxyl groups excluding tert-OH is 2. The van der Waals surface area contributed by atoms with Crippen LogP contribution in [0.1, 0.15) is 43.1 Å². The Morgan fingerprint density at radius 2 is 2.05 bits per heavy atom. The molecule has 0 heterocycles. The van der Waals surface area contributed by atoms with Crippen molar-refractivity contribution in [3.05, 3.63) is 28.8 Å². The molecule has 1 aromatic rings. The van der Waals surface area contributed by atoms with Crippen LogP contribution in [0.25, 0.3) is 0 Å². The Labute approximate surface area is 119 Å². The minimum atomic E-state index is -0.581. The van der Waals surface area contributed by atoms with Crippen molar-refractivity contribution in [1.82, 2.24) is 5.32 Å². The van der Waals surface area contributed by atoms with E-state index >= 15 is 0 Å². The predicted octanol–water partition coefficient (Wildman–Crippen LogP) is 1.65. The molecule has 2 atom stereocenters. The average Bonchev–Trinajstić information content (AvgIpc) is 2.32. The van der Waals surface area contributed by atoms with E-state index < -0.39 is 6.10 Å². The SMILES string of the molecule is CC(C)N[C@H]1CCc2c(ccc(O)c2CO)[C@@H]1O.Cl. The van der Waals surface area contributed by atoms with Gasteiger partial charge in [0.25, 0.3) is 0 Å². The van der Waals surface area contributed by atoms with E-state index in [9.17, 15) is 15.3 Å². The van der Waals surface area contributed by atoms with Gasteiger partial charge in [-0.15, -0.1) is 12.4 Å². The molecule has 0 saturated heterocycles. The van der Waals surface area contributed by atoms with Gasteiger partial charge in [0.1, 0.15) is 5.75 Å². The second-order valence-electron chi connectivity index (χ2n) is 5.20. The van der Waals surface area contributed by atoms with E-state index in [-0.39, 0.29) is 30.8 Å². The molecule has 19 heavy (non-hydrogen) atoms. The van der Waals surface area contributed by atoms with E-state index in [1.54, 1.807) is 12.1 Å². The number of rotatable bonds is 3. The summed E-state index contributed by atoms with van der Waals surface area (Å²) in [4.78, 5) is 0. The Balaban J connectivity index is 0.00000180. The summed E-state index contributed by atoms with van der Waals surface area (Å²) in [5, 5.41) is 32.7. The number of fused-ring (bicyclic) bond motifs is 1. The Kier molecular flexibility index (Phi) is 5.62. The number of benzene rings is 1. The molecule has 1 aliphatic rings. The molecule has 4 N–H and O–H groups in total. The first-order chi connectivity index (χ1) is 8.54. The van der Waals surface area contributed by atoms with Gasteiger partial charge in [-0.3, -0.25) is 0 Å². The third kappa shape index (κ3) is 3.20. The second-order valence-corrected chi connectivity index (χ2v) is 5.20. The zero-order valence-corrected chi connectivity index (χ0v) is 12.1. The van der Waals surface area contributed by atoms with Crippen molar-refractivity contribution in [2.75, 3.05) is 0 Å². The lowest BCUT2D eigenvalue weighted by Crippen LogP contribution is -2.42. The van der Waals surface area contributed by atoms with Crippen LogP contribution in [0, 0.1) is 0 Å². The van der Waals surface area contributed by atoms with Crippen LogP contribution in [-0.2, 0) is 13.0 Å². The molecule has 0 saturated carbocycles. The number of aromatic hydroxyl groups is 1. The molecule has 0 bridgehead atoms. The topological polar surface area (TPSA) is 72.7 Å². The lowest BCUT2D eigenvalue weighted by Gasteiger charge is -2.33. The maximum absolute atomic E-state index is 10.4. The number of phenols is 1. The van der Waals surface area contributed by atoms with Crippen molar-refractivity contribution in [3.8, 4) is 5.75 Å². The summed E-state index contributed by atoms with van der Waals surface area (Å²) in [5.41, 5.74) is 2.27. The molecule has 0 aliphatic heterocycles. The maximum atomic E-state index is 10.4. The largest absolute Gasteiger partial charge is 0.508 e. The first-order valence-corrected chi connectivity index (χ1v) is 6.43. The standard InChI is InChI=1S/C14H21NO3.ClH/c1-8(2)15-12-5-3-9-10(14(12)18)4-6-13(17)11(9)7-16;/h4,6,8,12,14-18H,3,5,7H2,1-2H3;1H/t12-,14-;/m0./s1. The normalized spacial score (nSPS) is 21.9. The van der Waals surface area contributed by atoms with Crippen LogP contribution in [-0.4, -0.2) is 27.4 Å². The number of hydrogen-bond acceptors (Lipinski definition) is 4. The van der Waals surface area contributed by atoms with Crippen molar-refractivity contribution in [2.45, 2.75) is 51.5 Å². The van der Waals surface area contributed by atoms with E-state index in [1.807, 2.05) is 0 Å². The fraction of sp³-hybridized carbons (Fsp3) is 0.571. The highest BCUT2D eigenvalue weighted by atomic mass is 35.5. The van der Waals surface area contributed by atoms with E-state index in [4.69, 9.17) is 0 Å². The van der Waals surface area contributed by atoms with Gasteiger partial charge in [0.15, 0.2) is 0 Å². The number of aliphatic hydroxyl groups is 2. The zero-order valence-electron chi connectivity index (χ0n) is 11.3. The van der Waals surface area contributed by atoms with Gasteiger partial charge >= 0.3 is 0 Å². The number of hydrogen-bond donors (Lipinski definition) is 4. The van der Waals surface area contributed by atoms with Crippen molar-refractivity contribution in [1.29, 1.82) is 0 Å². The van der Waals surface area contributed by atoms with Crippen molar-refractivity contribution in [3.63, 3.8) is 0 Å². The average molecular weight is 288 g/mol. The highest BCUT2D eigenvalue weighted by Crippen LogP contribution is 2.35. The summed E-state index contributed by atoms with van der Waals surface area (Å²) >= 11 is 0. The monoisotopic (exact) mass is 287 g/mol. The Morgan fingerprint density at radius 3 is 2.63 bits per heavy atom. The molecule has 108 valence electrons. The molecule has 0 fully saturated rings. The molecule has 5 heteroatoms. The summed E-state index contributed by atoms with van der Waals surface area (Å²) in [6.45, 7) is 3.92. The molecule has 1 aromatic carbocycles. The lowest BCUT2D eigenvalue weighted by molar-refractivity contribution is 0.110. The second kappa shape index (κ2) is 6.57. The van der Waals surface area contributed by atoms with Gasteiger partial charge in [-0.1, -0.05) is 19.9 Å². The molecule has 1 aliphatic carbocycles. The first kappa shape index (κ1) is 16.2. The van der Waals surface area contributed by atoms with Crippen LogP contribution in [0.4, 0.5) is 0 Å². The third-order valence-electron chi connectivity index (χ3n) is 3.55. The minimum absolute atomic E-state index is 0. The van der Waals surface area contributed by atoms with Crippen LogP contribution < -0.4 is 5.32 Å². The van der Waals surface area contributed by atoms with Gasteiger partial charge in [-0.25, -0.2) is 0 Å². The highest BCUT2D eigenvalue weighted by molar-refractivity contribution is 5.85. The molecule has 4 nitrogen and oxygen atoms in total. The molecule has 0 radical (unpaired) electrons. The van der Waals surface area contributed by atoms with E-state index in [0.29, 0.717) is 11.6 Å². The summed E-state index contributed by atoms with van der Waals surface area (Å²) in [6.07, 6.45) is 0.992. The molecule has 0 aromatic heterocycles. The molecular weight excluding hydrogens is 266 g/mol. The van der Waals surface area contributed by atoms with Gasteiger partial charge in [-0.2, -0.15) is 0 Å². The van der Waals surface area contributed by atoms with Gasteiger partial charge in [0.2, 0.25) is 0 Å². The van der Waals surface area contributed by atoms with Crippen LogP contribution in [0.15, 0.2) is 12.1 Å². The Bertz CT molecular complexity index is 437. The fourth-order valence-electron chi connectivity index (χ4n) is 2.72. The smallest absolute Gasteiger partial charge is 0.121 e. The van der Waals surface area contributed by atoms with Gasteiger partial charge in [0.05, 0.1) is 12.7 Å². The summed E-state index contributed by atoms with van der Waals surface area (Å²) in [7, 11) is 0. The minimum Gasteiger partial charge on any atom is -0.508 e. The lowest BCUT2D eigenvalue weighted by atomic mass is 9.83. The fourth-order valence-corrected chi connectivity index (χ4v) is 2.72. The quantitative estimate of drug-likeness (QED) is 0.682. The molecular formula is C14H22ClNO3. The van der Waals surface area contributed by atoms with Gasteiger partial charge in [0, 0.05) is 17.6 Å². The van der Waals surface area contributed by atoms with Crippen molar-refractivity contribution in [2.24, 2.45) is 0 Å². The number of nitrogens with one attached hydrogen (secondary N) is 1. The molecule has 0 amide bonds. The van der Waals surface area contributed by atoms with Crippen LogP contribution in [0.5, 0.6) is 5.75 Å². The molecule has 0 spiro atoms. The summed E-state index contributed by atoms with van der Waals surface area (Å²) < 4.78 is 0. The van der Waals surface area contributed by atoms with Crippen LogP contribution >= 0.6 is 12.4 Å². The highest BCUT2D eigenvalue weighted by Gasteiger charge is 2.30. The third-order valence-corrected chi connectivity index (χ3v) is 3.55. The van der Waals surface area contributed by atoms with E-state index in [0.717, 1.165) is 24.0 Å². The maximum Gasteiger partial charge on any atom is 0.121 e. The summed E-state index contributed by atoms with van der Waals surface area (Å²) in [6, 6.07) is 3.66. The molecule has 0 unspecified atom stereocenters. The Hall–Kier alpha value is -0.810.